The smallest absolute Gasteiger partial charge is 0.252 e. The summed E-state index contributed by atoms with van der Waals surface area (Å²) in [5.74, 6) is 0.736. The van der Waals surface area contributed by atoms with Crippen LogP contribution in [0.2, 0.25) is 0 Å². The summed E-state index contributed by atoms with van der Waals surface area (Å²) in [4.78, 5) is 26.4. The molecule has 0 spiro atoms. The number of benzene rings is 1. The second-order valence-corrected chi connectivity index (χ2v) is 8.07. The number of ether oxygens (including phenoxy) is 1. The zero-order chi connectivity index (χ0) is 22.5. The summed E-state index contributed by atoms with van der Waals surface area (Å²) in [5.41, 5.74) is 3.19. The molecule has 1 amide bonds. The van der Waals surface area contributed by atoms with E-state index < -0.39 is 0 Å². The molecule has 3 heterocycles. The zero-order valence-electron chi connectivity index (χ0n) is 18.5. The third kappa shape index (κ3) is 4.88. The van der Waals surface area contributed by atoms with E-state index in [4.69, 9.17) is 14.8 Å². The molecule has 0 aliphatic carbocycles. The molecule has 1 fully saturated rings. The van der Waals surface area contributed by atoms with Gasteiger partial charge in [0, 0.05) is 57.4 Å². The molecule has 1 aliphatic rings. The van der Waals surface area contributed by atoms with Crippen molar-refractivity contribution in [2.45, 2.75) is 12.6 Å². The van der Waals surface area contributed by atoms with Crippen molar-refractivity contribution in [2.24, 2.45) is 0 Å². The van der Waals surface area contributed by atoms with Crippen LogP contribution in [-0.2, 0) is 11.3 Å². The number of aliphatic hydroxyl groups is 1. The van der Waals surface area contributed by atoms with Gasteiger partial charge in [-0.1, -0.05) is 24.3 Å². The van der Waals surface area contributed by atoms with Gasteiger partial charge >= 0.3 is 0 Å². The van der Waals surface area contributed by atoms with E-state index in [1.54, 1.807) is 0 Å². The van der Waals surface area contributed by atoms with Gasteiger partial charge in [0.05, 0.1) is 30.0 Å². The van der Waals surface area contributed by atoms with Gasteiger partial charge in [-0.15, -0.1) is 0 Å². The van der Waals surface area contributed by atoms with Crippen LogP contribution in [0.4, 0.5) is 5.82 Å². The number of aliphatic hydroxyl groups excluding tert-OH is 1. The number of hydrogen-bond donors (Lipinski definition) is 2. The number of nitrogens with zero attached hydrogens (tertiary/aromatic N) is 4. The quantitative estimate of drug-likeness (QED) is 0.587. The fraction of sp³-hybridized carbons (Fsp3) is 0.375. The first-order valence-corrected chi connectivity index (χ1v) is 10.8. The van der Waals surface area contributed by atoms with Gasteiger partial charge in [0.1, 0.15) is 11.9 Å². The minimum Gasteiger partial charge on any atom is -0.395 e. The summed E-state index contributed by atoms with van der Waals surface area (Å²) in [6, 6.07) is 13.5. The molecule has 32 heavy (non-hydrogen) atoms. The average molecular weight is 436 g/mol. The summed E-state index contributed by atoms with van der Waals surface area (Å²) in [6.07, 6.45) is 1.57. The van der Waals surface area contributed by atoms with Gasteiger partial charge in [-0.05, 0) is 18.2 Å². The minimum atomic E-state index is -0.239. The Morgan fingerprint density at radius 1 is 1.28 bits per heavy atom. The molecule has 0 bridgehead atoms. The third-order valence-electron chi connectivity index (χ3n) is 5.54. The second-order valence-electron chi connectivity index (χ2n) is 8.07. The van der Waals surface area contributed by atoms with Crippen molar-refractivity contribution in [1.29, 1.82) is 0 Å². The topological polar surface area (TPSA) is 90.8 Å². The van der Waals surface area contributed by atoms with Crippen LogP contribution in [0.3, 0.4) is 0 Å². The molecule has 1 atom stereocenters. The normalized spacial score (nSPS) is 16.8. The standard InChI is InChI=1S/C24H29N5O3/c1-28(2)23-17(6-5-9-25-23)15-29-11-13-32-22(16-29)21-14-19(24(31)26-10-12-30)18-7-3-4-8-20(18)27-21/h3-9,14,22,30H,10-13,15-16H2,1-2H3,(H,26,31). The molecule has 1 unspecified atom stereocenters. The first-order valence-electron chi connectivity index (χ1n) is 10.8. The van der Waals surface area contributed by atoms with E-state index in [9.17, 15) is 4.79 Å². The van der Waals surface area contributed by atoms with Gasteiger partial charge in [0.25, 0.3) is 5.91 Å². The molecule has 3 aromatic rings. The van der Waals surface area contributed by atoms with Gasteiger partial charge in [-0.2, -0.15) is 0 Å². The highest BCUT2D eigenvalue weighted by Gasteiger charge is 2.26. The Morgan fingerprint density at radius 3 is 2.94 bits per heavy atom. The van der Waals surface area contributed by atoms with Crippen molar-refractivity contribution in [3.63, 3.8) is 0 Å². The number of pyridine rings is 2. The summed E-state index contributed by atoms with van der Waals surface area (Å²) >= 11 is 0. The highest BCUT2D eigenvalue weighted by Crippen LogP contribution is 2.27. The molecule has 0 radical (unpaired) electrons. The highest BCUT2D eigenvalue weighted by molar-refractivity contribution is 6.06. The maximum atomic E-state index is 12.7. The Kier molecular flexibility index (Phi) is 6.94. The number of morpholine rings is 1. The number of fused-ring (bicyclic) bond motifs is 1. The van der Waals surface area contributed by atoms with Crippen LogP contribution in [-0.4, -0.2) is 72.8 Å². The number of hydrogen-bond acceptors (Lipinski definition) is 7. The van der Waals surface area contributed by atoms with Crippen LogP contribution in [0, 0.1) is 0 Å². The minimum absolute atomic E-state index is 0.106. The van der Waals surface area contributed by atoms with Gasteiger partial charge in [-0.3, -0.25) is 9.69 Å². The predicted octanol–water partition coefficient (Wildman–Crippen LogP) is 1.99. The monoisotopic (exact) mass is 435 g/mol. The van der Waals surface area contributed by atoms with Crippen molar-refractivity contribution in [3.8, 4) is 0 Å². The fourth-order valence-electron chi connectivity index (χ4n) is 4.04. The maximum Gasteiger partial charge on any atom is 0.252 e. The Hall–Kier alpha value is -3.07. The summed E-state index contributed by atoms with van der Waals surface area (Å²) in [7, 11) is 3.99. The molecule has 1 aromatic carbocycles. The first-order chi connectivity index (χ1) is 15.6. The van der Waals surface area contributed by atoms with Crippen molar-refractivity contribution >= 4 is 22.6 Å². The number of carbonyl (C=O) groups is 1. The molecule has 1 aliphatic heterocycles. The predicted molar refractivity (Wildman–Crippen MR) is 124 cm³/mol. The van der Waals surface area contributed by atoms with Crippen LogP contribution in [0.1, 0.15) is 27.7 Å². The number of para-hydroxylation sites is 1. The molecule has 8 nitrogen and oxygen atoms in total. The third-order valence-corrected chi connectivity index (χ3v) is 5.54. The average Bonchev–Trinajstić information content (AvgIpc) is 2.82. The van der Waals surface area contributed by atoms with Gasteiger partial charge in [0.15, 0.2) is 0 Å². The molecular formula is C24H29N5O3. The molecular weight excluding hydrogens is 406 g/mol. The van der Waals surface area contributed by atoms with E-state index in [0.717, 1.165) is 41.1 Å². The van der Waals surface area contributed by atoms with Crippen LogP contribution < -0.4 is 10.2 Å². The van der Waals surface area contributed by atoms with Crippen LogP contribution in [0.5, 0.6) is 0 Å². The SMILES string of the molecule is CN(C)c1ncccc1CN1CCOC(c2cc(C(=O)NCCO)c3ccccc3n2)C1. The van der Waals surface area contributed by atoms with Crippen molar-refractivity contribution in [2.75, 3.05) is 51.8 Å². The molecule has 2 aromatic heterocycles. The van der Waals surface area contributed by atoms with E-state index in [1.165, 1.54) is 0 Å². The highest BCUT2D eigenvalue weighted by atomic mass is 16.5. The van der Waals surface area contributed by atoms with Crippen LogP contribution in [0.15, 0.2) is 48.7 Å². The molecule has 1 saturated heterocycles. The number of anilines is 1. The molecule has 0 saturated carbocycles. The van der Waals surface area contributed by atoms with E-state index in [0.29, 0.717) is 18.7 Å². The van der Waals surface area contributed by atoms with Gasteiger partial charge in [-0.25, -0.2) is 9.97 Å². The summed E-state index contributed by atoms with van der Waals surface area (Å²) < 4.78 is 6.07. The van der Waals surface area contributed by atoms with E-state index >= 15 is 0 Å². The lowest BCUT2D eigenvalue weighted by Crippen LogP contribution is -2.38. The first kappa shape index (κ1) is 22.1. The van der Waals surface area contributed by atoms with Crippen molar-refractivity contribution in [3.05, 3.63) is 65.5 Å². The Morgan fingerprint density at radius 2 is 2.12 bits per heavy atom. The van der Waals surface area contributed by atoms with Crippen LogP contribution in [0.25, 0.3) is 10.9 Å². The number of aromatic nitrogens is 2. The molecule has 168 valence electrons. The lowest BCUT2D eigenvalue weighted by atomic mass is 10.0. The van der Waals surface area contributed by atoms with E-state index in [1.807, 2.05) is 61.6 Å². The number of rotatable bonds is 7. The summed E-state index contributed by atoms with van der Waals surface area (Å²) in [6.45, 7) is 2.94. The largest absolute Gasteiger partial charge is 0.395 e. The molecule has 4 rings (SSSR count). The molecule has 8 heteroatoms. The van der Waals surface area contributed by atoms with E-state index in [-0.39, 0.29) is 25.2 Å². The Labute approximate surface area is 187 Å². The Balaban J connectivity index is 1.59. The lowest BCUT2D eigenvalue weighted by Gasteiger charge is -2.33. The van der Waals surface area contributed by atoms with Crippen LogP contribution >= 0.6 is 0 Å². The maximum absolute atomic E-state index is 12.7. The summed E-state index contributed by atoms with van der Waals surface area (Å²) in [5, 5.41) is 12.6. The van der Waals surface area contributed by atoms with E-state index in [2.05, 4.69) is 21.3 Å². The fourth-order valence-corrected chi connectivity index (χ4v) is 4.04. The van der Waals surface area contributed by atoms with Gasteiger partial charge < -0.3 is 20.1 Å². The van der Waals surface area contributed by atoms with Gasteiger partial charge in [0.2, 0.25) is 0 Å². The second kappa shape index (κ2) is 10.0. The zero-order valence-corrected chi connectivity index (χ0v) is 18.5. The number of amides is 1. The number of carbonyl (C=O) groups excluding carboxylic acids is 1. The Bertz CT molecular complexity index is 1090. The molecule has 2 N–H and O–H groups in total. The van der Waals surface area contributed by atoms with Crippen molar-refractivity contribution in [1.82, 2.24) is 20.2 Å². The van der Waals surface area contributed by atoms with Crippen molar-refractivity contribution < 1.29 is 14.6 Å². The number of nitrogens with one attached hydrogen (secondary N) is 1. The lowest BCUT2D eigenvalue weighted by molar-refractivity contribution is -0.0348.